The molecule has 0 spiro atoms. The molecule has 2 aromatic heterocycles. The topological polar surface area (TPSA) is 75.9 Å². The Hall–Kier alpha value is -2.44. The van der Waals surface area contributed by atoms with Crippen molar-refractivity contribution in [3.8, 4) is 5.82 Å². The maximum absolute atomic E-state index is 12.7. The lowest BCUT2D eigenvalue weighted by Crippen LogP contribution is -2.48. The third-order valence-electron chi connectivity index (χ3n) is 4.67. The Balaban J connectivity index is 1.73. The van der Waals surface area contributed by atoms with Gasteiger partial charge in [-0.05, 0) is 53.0 Å². The summed E-state index contributed by atoms with van der Waals surface area (Å²) >= 11 is 0. The van der Waals surface area contributed by atoms with Crippen LogP contribution < -0.4 is 5.32 Å². The highest BCUT2D eigenvalue weighted by Gasteiger charge is 2.27. The number of aromatic nitrogens is 4. The molecule has 1 fully saturated rings. The van der Waals surface area contributed by atoms with Crippen LogP contribution in [0.3, 0.4) is 0 Å². The van der Waals surface area contributed by atoms with Crippen molar-refractivity contribution in [2.24, 2.45) is 0 Å². The van der Waals surface area contributed by atoms with Gasteiger partial charge in [-0.15, -0.1) is 0 Å². The van der Waals surface area contributed by atoms with Crippen molar-refractivity contribution < 1.29 is 4.79 Å². The van der Waals surface area contributed by atoms with Gasteiger partial charge in [0.15, 0.2) is 5.82 Å². The molecule has 2 aromatic rings. The molecular weight excluding hydrogens is 316 g/mol. The molecule has 0 unspecified atom stereocenters. The fraction of sp³-hybridized carbons (Fsp3) is 0.556. The number of rotatable bonds is 4. The first-order valence-corrected chi connectivity index (χ1v) is 8.88. The number of likely N-dealkylation sites (tertiary alicyclic amines) is 1. The Labute approximate surface area is 148 Å². The van der Waals surface area contributed by atoms with Gasteiger partial charge in [0.2, 0.25) is 5.91 Å². The first-order chi connectivity index (χ1) is 12.0. The van der Waals surface area contributed by atoms with E-state index in [0.717, 1.165) is 30.8 Å². The lowest BCUT2D eigenvalue weighted by Gasteiger charge is -2.35. The molecule has 7 heteroatoms. The van der Waals surface area contributed by atoms with Crippen LogP contribution in [-0.2, 0) is 4.79 Å². The maximum atomic E-state index is 12.7. The van der Waals surface area contributed by atoms with E-state index in [1.54, 1.807) is 17.1 Å². The molecule has 0 aliphatic carbocycles. The molecule has 0 saturated carbocycles. The Morgan fingerprint density at radius 3 is 2.80 bits per heavy atom. The van der Waals surface area contributed by atoms with Gasteiger partial charge in [0.1, 0.15) is 11.9 Å². The number of amides is 1. The lowest BCUT2D eigenvalue weighted by molar-refractivity contribution is -0.134. The zero-order valence-electron chi connectivity index (χ0n) is 15.4. The highest BCUT2D eigenvalue weighted by atomic mass is 16.2. The van der Waals surface area contributed by atoms with Crippen molar-refractivity contribution in [3.05, 3.63) is 29.8 Å². The minimum Gasteiger partial charge on any atom is -0.357 e. The summed E-state index contributed by atoms with van der Waals surface area (Å²) in [6, 6.07) is 1.95. The molecular formula is C18H26N6O. The van der Waals surface area contributed by atoms with Crippen LogP contribution in [0.2, 0.25) is 0 Å². The van der Waals surface area contributed by atoms with E-state index in [-0.39, 0.29) is 11.9 Å². The van der Waals surface area contributed by atoms with Crippen LogP contribution in [-0.4, -0.2) is 49.2 Å². The Morgan fingerprint density at radius 1 is 1.32 bits per heavy atom. The number of nitrogens with one attached hydrogen (secondary N) is 1. The molecule has 1 aliphatic heterocycles. The summed E-state index contributed by atoms with van der Waals surface area (Å²) in [4.78, 5) is 23.5. The number of hydrogen-bond donors (Lipinski definition) is 1. The zero-order chi connectivity index (χ0) is 18.0. The van der Waals surface area contributed by atoms with Crippen molar-refractivity contribution in [3.63, 3.8) is 0 Å². The number of aryl methyl sites for hydroxylation is 2. The molecule has 1 saturated heterocycles. The van der Waals surface area contributed by atoms with E-state index in [9.17, 15) is 4.79 Å². The summed E-state index contributed by atoms with van der Waals surface area (Å²) in [7, 11) is 0. The molecule has 3 rings (SSSR count). The smallest absolute Gasteiger partial charge is 0.245 e. The van der Waals surface area contributed by atoms with Crippen LogP contribution >= 0.6 is 0 Å². The summed E-state index contributed by atoms with van der Waals surface area (Å²) < 4.78 is 1.76. The fourth-order valence-electron chi connectivity index (χ4n) is 3.35. The average Bonchev–Trinajstić information content (AvgIpc) is 2.93. The van der Waals surface area contributed by atoms with Crippen LogP contribution in [0.4, 0.5) is 5.82 Å². The third kappa shape index (κ3) is 3.81. The summed E-state index contributed by atoms with van der Waals surface area (Å²) in [6.07, 6.45) is 6.66. The number of carbonyl (C=O) groups excluding carboxylic acids is 1. The van der Waals surface area contributed by atoms with Gasteiger partial charge >= 0.3 is 0 Å². The predicted molar refractivity (Wildman–Crippen MR) is 96.7 cm³/mol. The Morgan fingerprint density at radius 2 is 2.12 bits per heavy atom. The number of carbonyl (C=O) groups is 1. The van der Waals surface area contributed by atoms with Crippen molar-refractivity contribution in [2.45, 2.75) is 59.0 Å². The van der Waals surface area contributed by atoms with Gasteiger partial charge in [-0.2, -0.15) is 5.10 Å². The molecule has 1 aliphatic rings. The SMILES string of the molecule is Cc1cc(C)n(-c2cncc(N[C@@H](C)C(=O)N3CCCC[C@H]3C)n2)n1. The first kappa shape index (κ1) is 17.4. The van der Waals surface area contributed by atoms with Crippen LogP contribution in [0.25, 0.3) is 5.82 Å². The second kappa shape index (κ2) is 7.21. The Kier molecular flexibility index (Phi) is 5.01. The second-order valence-electron chi connectivity index (χ2n) is 6.84. The number of hydrogen-bond acceptors (Lipinski definition) is 5. The molecule has 0 radical (unpaired) electrons. The third-order valence-corrected chi connectivity index (χ3v) is 4.67. The molecule has 3 heterocycles. The summed E-state index contributed by atoms with van der Waals surface area (Å²) in [5.74, 6) is 1.34. The number of anilines is 1. The predicted octanol–water partition coefficient (Wildman–Crippen LogP) is 2.48. The van der Waals surface area contributed by atoms with E-state index in [2.05, 4.69) is 27.3 Å². The highest BCUT2D eigenvalue weighted by Crippen LogP contribution is 2.18. The quantitative estimate of drug-likeness (QED) is 0.924. The molecule has 0 aromatic carbocycles. The van der Waals surface area contributed by atoms with E-state index in [1.165, 1.54) is 6.42 Å². The summed E-state index contributed by atoms with van der Waals surface area (Å²) in [5.41, 5.74) is 1.93. The van der Waals surface area contributed by atoms with Gasteiger partial charge < -0.3 is 10.2 Å². The van der Waals surface area contributed by atoms with Gasteiger partial charge in [0, 0.05) is 18.3 Å². The highest BCUT2D eigenvalue weighted by molar-refractivity contribution is 5.84. The summed E-state index contributed by atoms with van der Waals surface area (Å²) in [5, 5.41) is 7.62. The molecule has 0 bridgehead atoms. The van der Waals surface area contributed by atoms with E-state index in [1.807, 2.05) is 31.7 Å². The lowest BCUT2D eigenvalue weighted by atomic mass is 10.0. The van der Waals surface area contributed by atoms with Crippen molar-refractivity contribution in [2.75, 3.05) is 11.9 Å². The largest absolute Gasteiger partial charge is 0.357 e. The van der Waals surface area contributed by atoms with Gasteiger partial charge in [0.05, 0.1) is 18.1 Å². The fourth-order valence-corrected chi connectivity index (χ4v) is 3.35. The normalized spacial score (nSPS) is 18.9. The van der Waals surface area contributed by atoms with E-state index in [0.29, 0.717) is 17.7 Å². The van der Waals surface area contributed by atoms with Crippen LogP contribution in [0, 0.1) is 13.8 Å². The van der Waals surface area contributed by atoms with Crippen LogP contribution in [0.15, 0.2) is 18.5 Å². The van der Waals surface area contributed by atoms with Crippen molar-refractivity contribution >= 4 is 11.7 Å². The van der Waals surface area contributed by atoms with Crippen molar-refractivity contribution in [1.82, 2.24) is 24.6 Å². The van der Waals surface area contributed by atoms with Crippen LogP contribution in [0.1, 0.15) is 44.5 Å². The minimum absolute atomic E-state index is 0.116. The average molecular weight is 342 g/mol. The number of piperidine rings is 1. The molecule has 2 atom stereocenters. The van der Waals surface area contributed by atoms with Crippen LogP contribution in [0.5, 0.6) is 0 Å². The number of nitrogens with zero attached hydrogens (tertiary/aromatic N) is 5. The standard InChI is InChI=1S/C18H26N6O/c1-12-9-14(3)24(22-12)17-11-19-10-16(21-17)20-15(4)18(25)23-8-6-5-7-13(23)2/h9-11,13,15H,5-8H2,1-4H3,(H,20,21)/t13-,15+/m1/s1. The van der Waals surface area contributed by atoms with E-state index < -0.39 is 0 Å². The molecule has 7 nitrogen and oxygen atoms in total. The van der Waals surface area contributed by atoms with Gasteiger partial charge in [-0.1, -0.05) is 0 Å². The van der Waals surface area contributed by atoms with E-state index in [4.69, 9.17) is 0 Å². The van der Waals surface area contributed by atoms with Gasteiger partial charge in [-0.25, -0.2) is 9.67 Å². The molecule has 134 valence electrons. The molecule has 1 amide bonds. The second-order valence-corrected chi connectivity index (χ2v) is 6.84. The Bertz CT molecular complexity index is 756. The summed E-state index contributed by atoms with van der Waals surface area (Å²) in [6.45, 7) is 8.75. The van der Waals surface area contributed by atoms with Crippen molar-refractivity contribution in [1.29, 1.82) is 0 Å². The van der Waals surface area contributed by atoms with Gasteiger partial charge in [0.25, 0.3) is 0 Å². The molecule has 1 N–H and O–H groups in total. The molecule has 25 heavy (non-hydrogen) atoms. The monoisotopic (exact) mass is 342 g/mol. The zero-order valence-corrected chi connectivity index (χ0v) is 15.4. The maximum Gasteiger partial charge on any atom is 0.245 e. The van der Waals surface area contributed by atoms with E-state index >= 15 is 0 Å². The first-order valence-electron chi connectivity index (χ1n) is 8.88. The van der Waals surface area contributed by atoms with Gasteiger partial charge in [-0.3, -0.25) is 9.78 Å². The minimum atomic E-state index is -0.342.